The molecule has 10 nitrogen and oxygen atoms in total. The van der Waals surface area contributed by atoms with Crippen LogP contribution in [0.3, 0.4) is 0 Å². The second-order valence-corrected chi connectivity index (χ2v) is 8.05. The maximum absolute atomic E-state index is 13.2. The van der Waals surface area contributed by atoms with Crippen molar-refractivity contribution < 1.29 is 22.9 Å². The molecule has 0 saturated carbocycles. The van der Waals surface area contributed by atoms with Crippen molar-refractivity contribution >= 4 is 28.7 Å². The van der Waals surface area contributed by atoms with Crippen LogP contribution in [0.2, 0.25) is 0 Å². The topological polar surface area (TPSA) is 110 Å². The van der Waals surface area contributed by atoms with Gasteiger partial charge in [0.05, 0.1) is 10.6 Å². The van der Waals surface area contributed by atoms with Gasteiger partial charge in [-0.2, -0.15) is 17.7 Å². The molecule has 5 rings (SSSR count). The summed E-state index contributed by atoms with van der Waals surface area (Å²) in [5.74, 6) is -1.21. The van der Waals surface area contributed by atoms with E-state index in [0.717, 1.165) is 5.56 Å². The second kappa shape index (κ2) is 7.67. The standard InChI is InChI=1S/C20H18F3N7O3/c21-20(22,23)19-25-24-16-3-4-17(26-29(16)19)27-8-5-13(6-9-27)18(31)28-10-7-12-1-2-14(30(32)33)11-15(12)28/h1-4,11,13H,5-10H2. The van der Waals surface area contributed by atoms with Crippen LogP contribution in [-0.4, -0.2) is 50.3 Å². The molecular formula is C20H18F3N7O3. The minimum Gasteiger partial charge on any atom is -0.355 e. The Morgan fingerprint density at radius 3 is 2.55 bits per heavy atom. The van der Waals surface area contributed by atoms with Gasteiger partial charge in [-0.1, -0.05) is 6.07 Å². The van der Waals surface area contributed by atoms with Crippen LogP contribution in [-0.2, 0) is 17.4 Å². The number of rotatable bonds is 3. The van der Waals surface area contributed by atoms with Gasteiger partial charge in [0.15, 0.2) is 5.65 Å². The molecule has 2 aliphatic heterocycles. The molecule has 0 radical (unpaired) electrons. The van der Waals surface area contributed by atoms with Crippen LogP contribution >= 0.6 is 0 Å². The van der Waals surface area contributed by atoms with Gasteiger partial charge in [-0.15, -0.1) is 15.3 Å². The summed E-state index contributed by atoms with van der Waals surface area (Å²) < 4.78 is 40.1. The minimum atomic E-state index is -4.68. The normalized spacial score (nSPS) is 16.9. The summed E-state index contributed by atoms with van der Waals surface area (Å²) in [6, 6.07) is 7.57. The van der Waals surface area contributed by atoms with E-state index >= 15 is 0 Å². The number of amides is 1. The van der Waals surface area contributed by atoms with Crippen molar-refractivity contribution in [1.82, 2.24) is 19.8 Å². The molecule has 2 aliphatic rings. The number of nitro benzene ring substituents is 1. The van der Waals surface area contributed by atoms with Gasteiger partial charge < -0.3 is 9.80 Å². The Morgan fingerprint density at radius 2 is 1.85 bits per heavy atom. The summed E-state index contributed by atoms with van der Waals surface area (Å²) in [6.45, 7) is 1.35. The van der Waals surface area contributed by atoms with Crippen molar-refractivity contribution in [3.63, 3.8) is 0 Å². The monoisotopic (exact) mass is 461 g/mol. The van der Waals surface area contributed by atoms with E-state index in [-0.39, 0.29) is 23.2 Å². The number of hydrogen-bond acceptors (Lipinski definition) is 7. The van der Waals surface area contributed by atoms with E-state index in [9.17, 15) is 28.1 Å². The summed E-state index contributed by atoms with van der Waals surface area (Å²) in [6.07, 6.45) is -3.05. The molecule has 0 spiro atoms. The van der Waals surface area contributed by atoms with Crippen molar-refractivity contribution in [2.75, 3.05) is 29.4 Å². The number of piperidine rings is 1. The number of aromatic nitrogens is 4. The fourth-order valence-corrected chi connectivity index (χ4v) is 4.41. The number of benzene rings is 1. The number of nitro groups is 1. The molecule has 0 N–H and O–H groups in total. The highest BCUT2D eigenvalue weighted by molar-refractivity contribution is 5.97. The van der Waals surface area contributed by atoms with E-state index in [2.05, 4.69) is 15.3 Å². The first-order valence-corrected chi connectivity index (χ1v) is 10.4. The van der Waals surface area contributed by atoms with Gasteiger partial charge in [0.25, 0.3) is 11.5 Å². The molecule has 3 aromatic rings. The van der Waals surface area contributed by atoms with Gasteiger partial charge in [-0.05, 0) is 37.0 Å². The summed E-state index contributed by atoms with van der Waals surface area (Å²) in [5.41, 5.74) is 1.42. The summed E-state index contributed by atoms with van der Waals surface area (Å²) in [5, 5.41) is 21.9. The zero-order valence-corrected chi connectivity index (χ0v) is 17.2. The van der Waals surface area contributed by atoms with Crippen LogP contribution in [0.15, 0.2) is 30.3 Å². The van der Waals surface area contributed by atoms with Crippen LogP contribution in [0.25, 0.3) is 5.65 Å². The molecule has 1 saturated heterocycles. The molecule has 0 atom stereocenters. The van der Waals surface area contributed by atoms with Crippen LogP contribution in [0.4, 0.5) is 30.4 Å². The molecule has 13 heteroatoms. The fraction of sp³-hybridized carbons (Fsp3) is 0.400. The number of carbonyl (C=O) groups excluding carboxylic acids is 1. The molecular weight excluding hydrogens is 443 g/mol. The summed E-state index contributed by atoms with van der Waals surface area (Å²) >= 11 is 0. The first-order valence-electron chi connectivity index (χ1n) is 10.4. The maximum atomic E-state index is 13.2. The van der Waals surface area contributed by atoms with Crippen molar-refractivity contribution in [1.29, 1.82) is 0 Å². The third-order valence-electron chi connectivity index (χ3n) is 6.11. The van der Waals surface area contributed by atoms with Gasteiger partial charge in [-0.3, -0.25) is 14.9 Å². The lowest BCUT2D eigenvalue weighted by molar-refractivity contribution is -0.384. The van der Waals surface area contributed by atoms with Crippen molar-refractivity contribution in [3.8, 4) is 0 Å². The van der Waals surface area contributed by atoms with Crippen molar-refractivity contribution in [2.24, 2.45) is 5.92 Å². The van der Waals surface area contributed by atoms with E-state index in [0.29, 0.717) is 54.9 Å². The Kier molecular flexibility index (Phi) is 4.91. The molecule has 1 amide bonds. The maximum Gasteiger partial charge on any atom is 0.453 e. The van der Waals surface area contributed by atoms with Crippen LogP contribution in [0.1, 0.15) is 24.2 Å². The summed E-state index contributed by atoms with van der Waals surface area (Å²) in [4.78, 5) is 27.2. The molecule has 0 aliphatic carbocycles. The number of carbonyl (C=O) groups is 1. The number of hydrogen-bond donors (Lipinski definition) is 0. The second-order valence-electron chi connectivity index (χ2n) is 8.05. The Hall–Kier alpha value is -3.77. The largest absolute Gasteiger partial charge is 0.453 e. The molecule has 172 valence electrons. The third-order valence-corrected chi connectivity index (χ3v) is 6.11. The van der Waals surface area contributed by atoms with Gasteiger partial charge in [0.2, 0.25) is 5.91 Å². The van der Waals surface area contributed by atoms with E-state index in [1.807, 2.05) is 4.90 Å². The minimum absolute atomic E-state index is 0.00192. The van der Waals surface area contributed by atoms with Crippen LogP contribution in [0, 0.1) is 16.0 Å². The zero-order valence-electron chi connectivity index (χ0n) is 17.2. The Morgan fingerprint density at radius 1 is 1.09 bits per heavy atom. The lowest BCUT2D eigenvalue weighted by Gasteiger charge is -2.33. The average molecular weight is 461 g/mol. The van der Waals surface area contributed by atoms with E-state index in [4.69, 9.17) is 0 Å². The number of fused-ring (bicyclic) bond motifs is 2. The Balaban J connectivity index is 1.30. The number of alkyl halides is 3. The first kappa shape index (κ1) is 21.1. The quantitative estimate of drug-likeness (QED) is 0.436. The molecule has 0 unspecified atom stereocenters. The lowest BCUT2D eigenvalue weighted by Crippen LogP contribution is -2.42. The molecule has 0 bridgehead atoms. The smallest absolute Gasteiger partial charge is 0.355 e. The Bertz CT molecular complexity index is 1250. The zero-order chi connectivity index (χ0) is 23.3. The SMILES string of the molecule is O=C(C1CCN(c2ccc3nnc(C(F)(F)F)n3n2)CC1)N1CCc2ccc([N+](=O)[O-])cc21. The van der Waals surface area contributed by atoms with Gasteiger partial charge in [0.1, 0.15) is 5.82 Å². The fourth-order valence-electron chi connectivity index (χ4n) is 4.41. The molecule has 1 aromatic carbocycles. The molecule has 1 fully saturated rings. The Labute approximate surface area is 184 Å². The lowest BCUT2D eigenvalue weighted by atomic mass is 9.95. The highest BCUT2D eigenvalue weighted by Crippen LogP contribution is 2.34. The number of non-ortho nitro benzene ring substituents is 1. The van der Waals surface area contributed by atoms with Gasteiger partial charge in [-0.25, -0.2) is 0 Å². The molecule has 4 heterocycles. The van der Waals surface area contributed by atoms with E-state index in [1.165, 1.54) is 18.2 Å². The van der Waals surface area contributed by atoms with Crippen molar-refractivity contribution in [2.45, 2.75) is 25.4 Å². The van der Waals surface area contributed by atoms with Crippen LogP contribution in [0.5, 0.6) is 0 Å². The van der Waals surface area contributed by atoms with E-state index in [1.54, 1.807) is 17.0 Å². The van der Waals surface area contributed by atoms with Crippen LogP contribution < -0.4 is 9.80 Å². The predicted molar refractivity (Wildman–Crippen MR) is 110 cm³/mol. The average Bonchev–Trinajstić information content (AvgIpc) is 3.42. The van der Waals surface area contributed by atoms with Gasteiger partial charge >= 0.3 is 6.18 Å². The predicted octanol–water partition coefficient (Wildman–Crippen LogP) is 2.86. The number of anilines is 2. The highest BCUT2D eigenvalue weighted by atomic mass is 19.4. The molecule has 33 heavy (non-hydrogen) atoms. The van der Waals surface area contributed by atoms with Crippen molar-refractivity contribution in [3.05, 3.63) is 51.8 Å². The molecule has 2 aromatic heterocycles. The first-order chi connectivity index (χ1) is 15.7. The third kappa shape index (κ3) is 3.72. The highest BCUT2D eigenvalue weighted by Gasteiger charge is 2.38. The summed E-state index contributed by atoms with van der Waals surface area (Å²) in [7, 11) is 0. The van der Waals surface area contributed by atoms with Gasteiger partial charge in [0, 0.05) is 37.7 Å². The number of nitrogens with zero attached hydrogens (tertiary/aromatic N) is 7. The number of halogens is 3. The van der Waals surface area contributed by atoms with E-state index < -0.39 is 16.9 Å².